The summed E-state index contributed by atoms with van der Waals surface area (Å²) < 4.78 is 0. The van der Waals surface area contributed by atoms with E-state index in [9.17, 15) is 28.8 Å². The van der Waals surface area contributed by atoms with Gasteiger partial charge >= 0.3 is 0 Å². The highest BCUT2D eigenvalue weighted by Gasteiger charge is 2.22. The molecule has 3 aromatic carbocycles. The maximum Gasteiger partial charge on any atom is 0.249 e. The first-order chi connectivity index (χ1) is 22.5. The highest BCUT2D eigenvalue weighted by molar-refractivity contribution is 5.57. The molecule has 260 valence electrons. The van der Waals surface area contributed by atoms with Crippen molar-refractivity contribution in [3.8, 4) is 0 Å². The standard InChI is InChI=1S/C35H54N6O6/c1-6-16-39(5)21-13-37-28-25(31(43)34(28)46)11-9-20-41(18-8-3)23-15-38-29-26(32(44)35(29)47)12-10-19-40(17-7-2)22-14-36-27-24(4)30(42)33(27)45/h36-38H,6-23H2,1-5H3. The van der Waals surface area contributed by atoms with Gasteiger partial charge in [-0.05, 0) is 91.6 Å². The van der Waals surface area contributed by atoms with Crippen molar-refractivity contribution in [1.82, 2.24) is 14.7 Å². The Morgan fingerprint density at radius 2 is 0.872 bits per heavy atom. The summed E-state index contributed by atoms with van der Waals surface area (Å²) in [5.41, 5.74) is 0.420. The monoisotopic (exact) mass is 654 g/mol. The van der Waals surface area contributed by atoms with E-state index in [1.54, 1.807) is 6.92 Å². The van der Waals surface area contributed by atoms with Crippen LogP contribution in [-0.2, 0) is 12.8 Å². The molecule has 0 aromatic heterocycles. The van der Waals surface area contributed by atoms with Crippen LogP contribution in [0.3, 0.4) is 0 Å². The first-order valence-electron chi connectivity index (χ1n) is 17.3. The van der Waals surface area contributed by atoms with Crippen molar-refractivity contribution in [2.75, 3.05) is 95.0 Å². The van der Waals surface area contributed by atoms with Crippen LogP contribution in [0.2, 0.25) is 0 Å². The third kappa shape index (κ3) is 10.0. The summed E-state index contributed by atoms with van der Waals surface area (Å²) in [5.74, 6) is 0. The normalized spacial score (nSPS) is 12.0. The summed E-state index contributed by atoms with van der Waals surface area (Å²) in [5, 5.41) is 9.46. The van der Waals surface area contributed by atoms with Crippen molar-refractivity contribution in [2.45, 2.75) is 72.6 Å². The lowest BCUT2D eigenvalue weighted by molar-refractivity contribution is 0.280. The smallest absolute Gasteiger partial charge is 0.249 e. The van der Waals surface area contributed by atoms with Crippen molar-refractivity contribution < 1.29 is 0 Å². The Balaban J connectivity index is 1.42. The largest absolute Gasteiger partial charge is 0.380 e. The van der Waals surface area contributed by atoms with E-state index in [4.69, 9.17) is 0 Å². The van der Waals surface area contributed by atoms with Crippen LogP contribution in [0.15, 0.2) is 28.8 Å². The Morgan fingerprint density at radius 3 is 1.30 bits per heavy atom. The van der Waals surface area contributed by atoms with Gasteiger partial charge in [0.05, 0.1) is 17.1 Å². The molecule has 0 fully saturated rings. The highest BCUT2D eigenvalue weighted by Crippen LogP contribution is 2.13. The quantitative estimate of drug-likeness (QED) is 0.106. The van der Waals surface area contributed by atoms with Gasteiger partial charge in [-0.2, -0.15) is 0 Å². The average molecular weight is 655 g/mol. The predicted octanol–water partition coefficient (Wildman–Crippen LogP) is 1.05. The first kappa shape index (κ1) is 38.0. The minimum Gasteiger partial charge on any atom is -0.380 e. The summed E-state index contributed by atoms with van der Waals surface area (Å²) in [6, 6.07) is 0. The molecule has 0 aliphatic rings. The molecule has 0 aliphatic carbocycles. The maximum absolute atomic E-state index is 12.4. The number of rotatable bonds is 26. The molecule has 0 unspecified atom stereocenters. The molecule has 0 radical (unpaired) electrons. The first-order valence-corrected chi connectivity index (χ1v) is 17.3. The van der Waals surface area contributed by atoms with Crippen LogP contribution < -0.4 is 48.5 Å². The lowest BCUT2D eigenvalue weighted by Gasteiger charge is -2.24. The van der Waals surface area contributed by atoms with Crippen molar-refractivity contribution in [3.63, 3.8) is 0 Å². The molecule has 12 heteroatoms. The molecule has 3 rings (SSSR count). The van der Waals surface area contributed by atoms with Gasteiger partial charge in [0, 0.05) is 56.0 Å². The van der Waals surface area contributed by atoms with Crippen LogP contribution in [0.25, 0.3) is 0 Å². The fraction of sp³-hybridized carbons (Fsp3) is 0.657. The summed E-state index contributed by atoms with van der Waals surface area (Å²) in [6.07, 6.45) is 5.52. The van der Waals surface area contributed by atoms with Crippen molar-refractivity contribution in [1.29, 1.82) is 0 Å². The van der Waals surface area contributed by atoms with Crippen molar-refractivity contribution in [2.24, 2.45) is 0 Å². The van der Waals surface area contributed by atoms with Crippen LogP contribution in [0.4, 0.5) is 17.1 Å². The van der Waals surface area contributed by atoms with Crippen molar-refractivity contribution in [3.05, 3.63) is 78.0 Å². The molecular formula is C35H54N6O6. The maximum atomic E-state index is 12.4. The van der Waals surface area contributed by atoms with E-state index >= 15 is 0 Å². The van der Waals surface area contributed by atoms with Crippen molar-refractivity contribution >= 4 is 17.1 Å². The van der Waals surface area contributed by atoms with Gasteiger partial charge in [0.1, 0.15) is 0 Å². The molecule has 0 saturated heterocycles. The molecule has 0 spiro atoms. The van der Waals surface area contributed by atoms with E-state index in [1.807, 2.05) is 7.05 Å². The fourth-order valence-corrected chi connectivity index (χ4v) is 6.25. The molecule has 12 nitrogen and oxygen atoms in total. The van der Waals surface area contributed by atoms with E-state index in [0.29, 0.717) is 79.3 Å². The molecular weight excluding hydrogens is 600 g/mol. The Hall–Kier alpha value is -3.48. The molecule has 3 aromatic rings. The second kappa shape index (κ2) is 18.8. The Labute approximate surface area is 277 Å². The minimum absolute atomic E-state index is 0.379. The Morgan fingerprint density at radius 1 is 0.468 bits per heavy atom. The van der Waals surface area contributed by atoms with Crippen LogP contribution in [0.1, 0.15) is 69.6 Å². The number of nitrogens with one attached hydrogen (secondary N) is 3. The lowest BCUT2D eigenvalue weighted by Crippen LogP contribution is -2.41. The Bertz CT molecular complexity index is 1640. The van der Waals surface area contributed by atoms with Crippen LogP contribution in [0, 0.1) is 6.92 Å². The van der Waals surface area contributed by atoms with Gasteiger partial charge in [0.2, 0.25) is 32.6 Å². The lowest BCUT2D eigenvalue weighted by atomic mass is 10.0. The second-order valence-corrected chi connectivity index (χ2v) is 12.7. The SMILES string of the molecule is CCCN(C)CCNc1c(CCCN(CCC)CCNc2c(CCCN(CCC)CCNc3c(C)c(=O)c3=O)c(=O)c2=O)c(=O)c1=O. The summed E-state index contributed by atoms with van der Waals surface area (Å²) in [4.78, 5) is 79.0. The van der Waals surface area contributed by atoms with E-state index in [-0.39, 0.29) is 5.43 Å². The van der Waals surface area contributed by atoms with Crippen LogP contribution >= 0.6 is 0 Å². The van der Waals surface area contributed by atoms with E-state index in [1.165, 1.54) is 0 Å². The van der Waals surface area contributed by atoms with Gasteiger partial charge in [-0.3, -0.25) is 28.8 Å². The summed E-state index contributed by atoms with van der Waals surface area (Å²) in [7, 11) is 2.04. The number of nitrogens with zero attached hydrogens (tertiary/aromatic N) is 3. The third-order valence-corrected chi connectivity index (χ3v) is 8.91. The molecule has 3 N–H and O–H groups in total. The van der Waals surface area contributed by atoms with E-state index < -0.39 is 27.1 Å². The molecule has 0 bridgehead atoms. The number of hydrogen-bond acceptors (Lipinski definition) is 12. The zero-order valence-electron chi connectivity index (χ0n) is 29.0. The third-order valence-electron chi connectivity index (χ3n) is 8.91. The molecule has 0 saturated carbocycles. The van der Waals surface area contributed by atoms with Gasteiger partial charge in [-0.25, -0.2) is 0 Å². The zero-order valence-corrected chi connectivity index (χ0v) is 29.0. The summed E-state index contributed by atoms with van der Waals surface area (Å²) >= 11 is 0. The predicted molar refractivity (Wildman–Crippen MR) is 192 cm³/mol. The number of hydrogen-bond donors (Lipinski definition) is 3. The van der Waals surface area contributed by atoms with Gasteiger partial charge in [0.25, 0.3) is 0 Å². The van der Waals surface area contributed by atoms with Crippen LogP contribution in [0.5, 0.6) is 0 Å². The fourth-order valence-electron chi connectivity index (χ4n) is 6.25. The van der Waals surface area contributed by atoms with E-state index in [0.717, 1.165) is 71.4 Å². The van der Waals surface area contributed by atoms with Crippen LogP contribution in [-0.4, -0.2) is 93.7 Å². The topological polar surface area (TPSA) is 148 Å². The minimum atomic E-state index is -0.457. The molecule has 0 heterocycles. The van der Waals surface area contributed by atoms with Gasteiger partial charge < -0.3 is 30.7 Å². The zero-order chi connectivity index (χ0) is 34.5. The highest BCUT2D eigenvalue weighted by atomic mass is 16.2. The molecule has 0 amide bonds. The number of anilines is 3. The average Bonchev–Trinajstić information content (AvgIpc) is 3.07. The number of likely N-dealkylation sites (N-methyl/N-ethyl adjacent to an activating group) is 1. The second-order valence-electron chi connectivity index (χ2n) is 12.7. The molecule has 0 atom stereocenters. The Kier molecular flexibility index (Phi) is 15.2. The van der Waals surface area contributed by atoms with Gasteiger partial charge in [-0.1, -0.05) is 20.8 Å². The van der Waals surface area contributed by atoms with Gasteiger partial charge in [-0.15, -0.1) is 0 Å². The summed E-state index contributed by atoms with van der Waals surface area (Å²) in [6.45, 7) is 16.1. The van der Waals surface area contributed by atoms with Gasteiger partial charge in [0.15, 0.2) is 0 Å². The molecule has 0 aliphatic heterocycles. The molecule has 47 heavy (non-hydrogen) atoms. The van der Waals surface area contributed by atoms with E-state index in [2.05, 4.69) is 51.4 Å².